The van der Waals surface area contributed by atoms with E-state index < -0.39 is 11.8 Å². The topological polar surface area (TPSA) is 46.2 Å². The van der Waals surface area contributed by atoms with Gasteiger partial charge in [-0.05, 0) is 38.0 Å². The van der Waals surface area contributed by atoms with Crippen LogP contribution in [0.2, 0.25) is 0 Å². The quantitative estimate of drug-likeness (QED) is 0.805. The fraction of sp³-hybridized carbons (Fsp3) is 0.500. The summed E-state index contributed by atoms with van der Waals surface area (Å²) in [4.78, 5) is 0. The average molecular weight is 211 g/mol. The van der Waals surface area contributed by atoms with E-state index in [1.165, 1.54) is 13.8 Å². The smallest absolute Gasteiger partial charge is 0.130 e. The molecule has 3 N–H and O–H groups in total. The maximum absolute atomic E-state index is 13.7. The number of hydrogen-bond acceptors (Lipinski definition) is 2. The van der Waals surface area contributed by atoms with Crippen LogP contribution < -0.4 is 5.73 Å². The van der Waals surface area contributed by atoms with Crippen molar-refractivity contribution in [2.45, 2.75) is 38.6 Å². The van der Waals surface area contributed by atoms with E-state index in [9.17, 15) is 9.50 Å². The summed E-state index contributed by atoms with van der Waals surface area (Å²) in [5, 5.41) is 9.74. The Morgan fingerprint density at radius 2 is 2.00 bits per heavy atom. The molecule has 84 valence electrons. The van der Waals surface area contributed by atoms with Gasteiger partial charge in [0.25, 0.3) is 0 Å². The van der Waals surface area contributed by atoms with E-state index >= 15 is 0 Å². The second kappa shape index (κ2) is 4.29. The summed E-state index contributed by atoms with van der Waals surface area (Å²) in [6.07, 6.45) is -0.743. The van der Waals surface area contributed by atoms with Crippen LogP contribution >= 0.6 is 0 Å². The van der Waals surface area contributed by atoms with Crippen molar-refractivity contribution < 1.29 is 9.50 Å². The molecule has 1 aromatic rings. The molecule has 0 aliphatic carbocycles. The molecular weight excluding hydrogens is 193 g/mol. The highest BCUT2D eigenvalue weighted by Crippen LogP contribution is 2.27. The number of halogens is 1. The van der Waals surface area contributed by atoms with Gasteiger partial charge in [0, 0.05) is 6.04 Å². The normalized spacial score (nSPS) is 16.1. The van der Waals surface area contributed by atoms with E-state index in [0.29, 0.717) is 11.1 Å². The van der Waals surface area contributed by atoms with Gasteiger partial charge in [-0.15, -0.1) is 0 Å². The van der Waals surface area contributed by atoms with Crippen molar-refractivity contribution in [3.05, 3.63) is 35.4 Å². The highest BCUT2D eigenvalue weighted by molar-refractivity contribution is 5.29. The number of aliphatic hydroxyl groups excluding tert-OH is 1. The highest BCUT2D eigenvalue weighted by atomic mass is 19.1. The molecule has 15 heavy (non-hydrogen) atoms. The number of rotatable bonds is 3. The number of hydrogen-bond donors (Lipinski definition) is 2. The molecule has 0 amide bonds. The third kappa shape index (κ3) is 3.01. The third-order valence-electron chi connectivity index (χ3n) is 2.41. The Hall–Kier alpha value is -0.930. The maximum atomic E-state index is 13.7. The van der Waals surface area contributed by atoms with E-state index in [0.717, 1.165) is 0 Å². The number of aliphatic hydroxyl groups is 1. The fourth-order valence-corrected chi connectivity index (χ4v) is 1.40. The molecule has 1 rings (SSSR count). The first-order valence-corrected chi connectivity index (χ1v) is 5.05. The van der Waals surface area contributed by atoms with Gasteiger partial charge in [-0.3, -0.25) is 0 Å². The molecule has 0 saturated carbocycles. The second-order valence-corrected chi connectivity index (χ2v) is 4.40. The summed E-state index contributed by atoms with van der Waals surface area (Å²) < 4.78 is 13.7. The zero-order valence-corrected chi connectivity index (χ0v) is 9.37. The number of nitrogens with two attached hydrogens (primary N) is 1. The molecule has 0 aromatic heterocycles. The molecule has 0 bridgehead atoms. The summed E-state index contributed by atoms with van der Waals surface area (Å²) in [5.74, 6) is 0. The first kappa shape index (κ1) is 12.1. The monoisotopic (exact) mass is 211 g/mol. The molecule has 0 aliphatic rings. The van der Waals surface area contributed by atoms with Crippen molar-refractivity contribution in [1.29, 1.82) is 0 Å². The summed E-state index contributed by atoms with van der Waals surface area (Å²) in [7, 11) is 0. The Morgan fingerprint density at radius 3 is 2.47 bits per heavy atom. The minimum Gasteiger partial charge on any atom is -0.387 e. The van der Waals surface area contributed by atoms with Crippen LogP contribution in [0.4, 0.5) is 4.39 Å². The third-order valence-corrected chi connectivity index (χ3v) is 2.41. The first-order chi connectivity index (χ1) is 6.82. The number of alkyl halides is 1. The lowest BCUT2D eigenvalue weighted by Gasteiger charge is -2.19. The van der Waals surface area contributed by atoms with Crippen molar-refractivity contribution in [2.75, 3.05) is 0 Å². The average Bonchev–Trinajstić information content (AvgIpc) is 2.15. The minimum atomic E-state index is -1.40. The molecule has 0 fully saturated rings. The molecule has 0 aliphatic heterocycles. The van der Waals surface area contributed by atoms with Crippen LogP contribution in [-0.2, 0) is 5.67 Å². The summed E-state index contributed by atoms with van der Waals surface area (Å²) >= 11 is 0. The van der Waals surface area contributed by atoms with E-state index in [2.05, 4.69) is 0 Å². The van der Waals surface area contributed by atoms with Gasteiger partial charge in [-0.1, -0.05) is 18.2 Å². The van der Waals surface area contributed by atoms with Gasteiger partial charge >= 0.3 is 0 Å². The molecule has 0 saturated heterocycles. The maximum Gasteiger partial charge on any atom is 0.130 e. The zero-order chi connectivity index (χ0) is 11.6. The van der Waals surface area contributed by atoms with Crippen molar-refractivity contribution in [3.8, 4) is 0 Å². The van der Waals surface area contributed by atoms with Gasteiger partial charge in [0.05, 0.1) is 6.10 Å². The zero-order valence-electron chi connectivity index (χ0n) is 9.37. The van der Waals surface area contributed by atoms with Crippen LogP contribution in [0.5, 0.6) is 0 Å². The van der Waals surface area contributed by atoms with Crippen LogP contribution in [0.25, 0.3) is 0 Å². The van der Waals surface area contributed by atoms with Gasteiger partial charge in [0.2, 0.25) is 0 Å². The summed E-state index contributed by atoms with van der Waals surface area (Å²) in [5.41, 5.74) is 5.40. The molecule has 0 radical (unpaired) electrons. The van der Waals surface area contributed by atoms with Crippen LogP contribution in [0, 0.1) is 0 Å². The fourth-order valence-electron chi connectivity index (χ4n) is 1.40. The minimum absolute atomic E-state index is 0.358. The molecule has 0 spiro atoms. The lowest BCUT2D eigenvalue weighted by molar-refractivity contribution is 0.152. The standard InChI is InChI=1S/C12H18FNO/c1-8(14)11(15)9-5-4-6-10(7-9)12(2,3)13/h4-8,11,15H,14H2,1-3H3. The summed E-state index contributed by atoms with van der Waals surface area (Å²) in [6.45, 7) is 4.70. The molecule has 2 unspecified atom stereocenters. The van der Waals surface area contributed by atoms with Crippen molar-refractivity contribution in [2.24, 2.45) is 5.73 Å². The molecule has 2 nitrogen and oxygen atoms in total. The second-order valence-electron chi connectivity index (χ2n) is 4.40. The predicted octanol–water partition coefficient (Wildman–Crippen LogP) is 2.27. The Bertz CT molecular complexity index is 331. The Labute approximate surface area is 89.9 Å². The molecule has 2 atom stereocenters. The predicted molar refractivity (Wildman–Crippen MR) is 59.2 cm³/mol. The van der Waals surface area contributed by atoms with Crippen molar-refractivity contribution in [1.82, 2.24) is 0 Å². The van der Waals surface area contributed by atoms with Gasteiger partial charge < -0.3 is 10.8 Å². The van der Waals surface area contributed by atoms with Crippen LogP contribution in [0.3, 0.4) is 0 Å². The van der Waals surface area contributed by atoms with E-state index in [-0.39, 0.29) is 6.04 Å². The van der Waals surface area contributed by atoms with Gasteiger partial charge in [-0.25, -0.2) is 4.39 Å². The lowest BCUT2D eigenvalue weighted by Crippen LogP contribution is -2.24. The van der Waals surface area contributed by atoms with Crippen molar-refractivity contribution in [3.63, 3.8) is 0 Å². The molecule has 1 aromatic carbocycles. The van der Waals surface area contributed by atoms with Gasteiger partial charge in [-0.2, -0.15) is 0 Å². The van der Waals surface area contributed by atoms with Gasteiger partial charge in [0.15, 0.2) is 0 Å². The van der Waals surface area contributed by atoms with Crippen LogP contribution in [0.1, 0.15) is 38.0 Å². The lowest BCUT2D eigenvalue weighted by atomic mass is 9.95. The largest absolute Gasteiger partial charge is 0.387 e. The van der Waals surface area contributed by atoms with E-state index in [1.807, 2.05) is 0 Å². The van der Waals surface area contributed by atoms with Crippen LogP contribution in [0.15, 0.2) is 24.3 Å². The Balaban J connectivity index is 3.03. The van der Waals surface area contributed by atoms with Gasteiger partial charge in [0.1, 0.15) is 5.67 Å². The Kier molecular flexibility index (Phi) is 3.47. The van der Waals surface area contributed by atoms with E-state index in [4.69, 9.17) is 5.73 Å². The Morgan fingerprint density at radius 1 is 1.40 bits per heavy atom. The molecular formula is C12H18FNO. The first-order valence-electron chi connectivity index (χ1n) is 5.05. The van der Waals surface area contributed by atoms with Crippen molar-refractivity contribution >= 4 is 0 Å². The SMILES string of the molecule is CC(N)C(O)c1cccc(C(C)(C)F)c1. The molecule has 0 heterocycles. The van der Waals surface area contributed by atoms with E-state index in [1.54, 1.807) is 31.2 Å². The highest BCUT2D eigenvalue weighted by Gasteiger charge is 2.20. The number of benzene rings is 1. The van der Waals surface area contributed by atoms with Crippen LogP contribution in [-0.4, -0.2) is 11.1 Å². The summed E-state index contributed by atoms with van der Waals surface area (Å²) in [6, 6.07) is 6.50. The molecule has 3 heteroatoms.